The molecule has 0 spiro atoms. The van der Waals surface area contributed by atoms with E-state index in [4.69, 9.17) is 10.5 Å². The molecule has 2 fully saturated rings. The predicted molar refractivity (Wildman–Crippen MR) is 65.3 cm³/mol. The molecule has 15 heavy (non-hydrogen) atoms. The Balaban J connectivity index is 1.97. The summed E-state index contributed by atoms with van der Waals surface area (Å²) in [6, 6.07) is 1.12. The van der Waals surface area contributed by atoms with Crippen molar-refractivity contribution in [1.29, 1.82) is 0 Å². The van der Waals surface area contributed by atoms with Crippen LogP contribution in [0.2, 0.25) is 0 Å². The van der Waals surface area contributed by atoms with E-state index in [0.717, 1.165) is 32.2 Å². The van der Waals surface area contributed by atoms with E-state index in [-0.39, 0.29) is 0 Å². The van der Waals surface area contributed by atoms with Crippen molar-refractivity contribution < 1.29 is 4.74 Å². The molecule has 2 rings (SSSR count). The highest BCUT2D eigenvalue weighted by atomic mass is 32.2. The van der Waals surface area contributed by atoms with Crippen molar-refractivity contribution in [3.63, 3.8) is 0 Å². The molecule has 0 saturated carbocycles. The first-order valence-corrected chi connectivity index (χ1v) is 7.09. The van der Waals surface area contributed by atoms with Crippen LogP contribution < -0.4 is 5.73 Å². The Morgan fingerprint density at radius 3 is 3.07 bits per heavy atom. The van der Waals surface area contributed by atoms with Crippen LogP contribution >= 0.6 is 11.8 Å². The smallest absolute Gasteiger partial charge is 0.0619 e. The topological polar surface area (TPSA) is 38.5 Å². The van der Waals surface area contributed by atoms with Gasteiger partial charge in [0, 0.05) is 25.2 Å². The number of morpholine rings is 1. The molecule has 88 valence electrons. The largest absolute Gasteiger partial charge is 0.379 e. The molecule has 0 aliphatic carbocycles. The van der Waals surface area contributed by atoms with Gasteiger partial charge in [0.2, 0.25) is 0 Å². The lowest BCUT2D eigenvalue weighted by atomic mass is 9.96. The maximum atomic E-state index is 5.95. The second kappa shape index (κ2) is 5.53. The Kier molecular flexibility index (Phi) is 4.31. The maximum absolute atomic E-state index is 5.95. The van der Waals surface area contributed by atoms with Crippen LogP contribution in [-0.2, 0) is 4.74 Å². The molecule has 3 unspecified atom stereocenters. The SMILES string of the molecule is CC1COCCN1C(CN)C1CCSC1. The van der Waals surface area contributed by atoms with Crippen LogP contribution in [0.25, 0.3) is 0 Å². The molecule has 0 radical (unpaired) electrons. The molecule has 0 amide bonds. The summed E-state index contributed by atoms with van der Waals surface area (Å²) in [6.07, 6.45) is 1.34. The van der Waals surface area contributed by atoms with E-state index in [0.29, 0.717) is 12.1 Å². The van der Waals surface area contributed by atoms with Crippen LogP contribution in [0.4, 0.5) is 0 Å². The van der Waals surface area contributed by atoms with Gasteiger partial charge in [0.25, 0.3) is 0 Å². The van der Waals surface area contributed by atoms with Crippen molar-refractivity contribution in [3.8, 4) is 0 Å². The fourth-order valence-electron chi connectivity index (χ4n) is 2.69. The molecule has 2 aliphatic heterocycles. The zero-order chi connectivity index (χ0) is 10.7. The molecule has 2 heterocycles. The van der Waals surface area contributed by atoms with Crippen molar-refractivity contribution in [3.05, 3.63) is 0 Å². The monoisotopic (exact) mass is 230 g/mol. The number of thioether (sulfide) groups is 1. The molecule has 3 nitrogen and oxygen atoms in total. The van der Waals surface area contributed by atoms with Crippen LogP contribution in [0.1, 0.15) is 13.3 Å². The molecule has 2 saturated heterocycles. The molecule has 0 aromatic carbocycles. The third-order valence-electron chi connectivity index (χ3n) is 3.60. The number of nitrogens with two attached hydrogens (primary N) is 1. The van der Waals surface area contributed by atoms with Crippen LogP contribution in [0.15, 0.2) is 0 Å². The number of nitrogens with zero attached hydrogens (tertiary/aromatic N) is 1. The number of hydrogen-bond acceptors (Lipinski definition) is 4. The predicted octanol–water partition coefficient (Wildman–Crippen LogP) is 0.787. The molecule has 2 N–H and O–H groups in total. The average molecular weight is 230 g/mol. The van der Waals surface area contributed by atoms with Gasteiger partial charge in [0.05, 0.1) is 13.2 Å². The van der Waals surface area contributed by atoms with Gasteiger partial charge in [-0.25, -0.2) is 0 Å². The summed E-state index contributed by atoms with van der Waals surface area (Å²) in [6.45, 7) is 5.86. The number of rotatable bonds is 3. The molecule has 0 bridgehead atoms. The summed E-state index contributed by atoms with van der Waals surface area (Å²) in [5.41, 5.74) is 5.95. The molecular weight excluding hydrogens is 208 g/mol. The lowest BCUT2D eigenvalue weighted by Crippen LogP contribution is -2.54. The van der Waals surface area contributed by atoms with Crippen molar-refractivity contribution in [2.75, 3.05) is 37.8 Å². The Hall–Kier alpha value is 0.230. The third kappa shape index (κ3) is 2.67. The van der Waals surface area contributed by atoms with Gasteiger partial charge in [-0.15, -0.1) is 0 Å². The Labute approximate surface area is 96.7 Å². The lowest BCUT2D eigenvalue weighted by molar-refractivity contribution is -0.0302. The molecule has 3 atom stereocenters. The van der Waals surface area contributed by atoms with Crippen molar-refractivity contribution in [2.45, 2.75) is 25.4 Å². The summed E-state index contributed by atoms with van der Waals surface area (Å²) in [4.78, 5) is 2.57. The van der Waals surface area contributed by atoms with Crippen LogP contribution in [0, 0.1) is 5.92 Å². The van der Waals surface area contributed by atoms with Gasteiger partial charge in [-0.2, -0.15) is 11.8 Å². The van der Waals surface area contributed by atoms with Gasteiger partial charge >= 0.3 is 0 Å². The van der Waals surface area contributed by atoms with E-state index in [2.05, 4.69) is 23.6 Å². The zero-order valence-electron chi connectivity index (χ0n) is 9.52. The second-order valence-electron chi connectivity index (χ2n) is 4.59. The first-order chi connectivity index (χ1) is 7.33. The van der Waals surface area contributed by atoms with E-state index in [9.17, 15) is 0 Å². The summed E-state index contributed by atoms with van der Waals surface area (Å²) in [7, 11) is 0. The van der Waals surface area contributed by atoms with Gasteiger partial charge in [-0.1, -0.05) is 0 Å². The molecular formula is C11H22N2OS. The first-order valence-electron chi connectivity index (χ1n) is 5.94. The van der Waals surface area contributed by atoms with E-state index in [1.165, 1.54) is 17.9 Å². The fraction of sp³-hybridized carbons (Fsp3) is 1.00. The van der Waals surface area contributed by atoms with Crippen LogP contribution in [0.5, 0.6) is 0 Å². The van der Waals surface area contributed by atoms with E-state index in [1.807, 2.05) is 0 Å². The maximum Gasteiger partial charge on any atom is 0.0619 e. The summed E-state index contributed by atoms with van der Waals surface area (Å²) in [5, 5.41) is 0. The zero-order valence-corrected chi connectivity index (χ0v) is 10.3. The Bertz CT molecular complexity index is 197. The van der Waals surface area contributed by atoms with Crippen molar-refractivity contribution in [2.24, 2.45) is 11.7 Å². The van der Waals surface area contributed by atoms with Gasteiger partial charge in [-0.05, 0) is 30.8 Å². The fourth-order valence-corrected chi connectivity index (χ4v) is 4.02. The van der Waals surface area contributed by atoms with Gasteiger partial charge in [-0.3, -0.25) is 4.90 Å². The lowest BCUT2D eigenvalue weighted by Gasteiger charge is -2.41. The Morgan fingerprint density at radius 2 is 2.47 bits per heavy atom. The van der Waals surface area contributed by atoms with E-state index < -0.39 is 0 Å². The molecule has 4 heteroatoms. The third-order valence-corrected chi connectivity index (χ3v) is 4.78. The normalized spacial score (nSPS) is 35.6. The minimum Gasteiger partial charge on any atom is -0.379 e. The van der Waals surface area contributed by atoms with Crippen LogP contribution in [-0.4, -0.2) is 54.8 Å². The summed E-state index contributed by atoms with van der Waals surface area (Å²) < 4.78 is 5.48. The van der Waals surface area contributed by atoms with Crippen LogP contribution in [0.3, 0.4) is 0 Å². The molecule has 2 aliphatic rings. The van der Waals surface area contributed by atoms with Crippen molar-refractivity contribution >= 4 is 11.8 Å². The highest BCUT2D eigenvalue weighted by Gasteiger charge is 2.32. The number of hydrogen-bond donors (Lipinski definition) is 1. The van der Waals surface area contributed by atoms with E-state index >= 15 is 0 Å². The van der Waals surface area contributed by atoms with Gasteiger partial charge in [0.1, 0.15) is 0 Å². The quantitative estimate of drug-likeness (QED) is 0.778. The minimum atomic E-state index is 0.540. The Morgan fingerprint density at radius 1 is 1.60 bits per heavy atom. The number of ether oxygens (including phenoxy) is 1. The average Bonchev–Trinajstić information content (AvgIpc) is 2.75. The highest BCUT2D eigenvalue weighted by Crippen LogP contribution is 2.29. The second-order valence-corrected chi connectivity index (χ2v) is 5.74. The minimum absolute atomic E-state index is 0.540. The summed E-state index contributed by atoms with van der Waals surface area (Å²) in [5.74, 6) is 3.42. The molecule has 0 aromatic heterocycles. The van der Waals surface area contributed by atoms with E-state index in [1.54, 1.807) is 0 Å². The van der Waals surface area contributed by atoms with Crippen molar-refractivity contribution in [1.82, 2.24) is 4.90 Å². The molecule has 0 aromatic rings. The first kappa shape index (κ1) is 11.7. The van der Waals surface area contributed by atoms with Gasteiger partial charge in [0.15, 0.2) is 0 Å². The highest BCUT2D eigenvalue weighted by molar-refractivity contribution is 7.99. The summed E-state index contributed by atoms with van der Waals surface area (Å²) >= 11 is 2.08. The van der Waals surface area contributed by atoms with Gasteiger partial charge < -0.3 is 10.5 Å². The standard InChI is InChI=1S/C11H22N2OS/c1-9-7-14-4-3-13(9)11(6-12)10-2-5-15-8-10/h9-11H,2-8,12H2,1H3.